The number of benzene rings is 2. The van der Waals surface area contributed by atoms with E-state index in [1.807, 2.05) is 18.2 Å². The minimum atomic E-state index is -0.468. The molecule has 1 fully saturated rings. The number of nitrogens with zero attached hydrogens (tertiary/aromatic N) is 2. The van der Waals surface area contributed by atoms with Crippen LogP contribution in [0.5, 0.6) is 5.75 Å². The van der Waals surface area contributed by atoms with Crippen LogP contribution in [0.2, 0.25) is 0 Å². The Balaban J connectivity index is 1.41. The molecule has 0 radical (unpaired) electrons. The number of ether oxygens (including phenoxy) is 1. The molecule has 0 aromatic heterocycles. The molecule has 0 spiro atoms. The largest absolute Gasteiger partial charge is 0.491 e. The lowest BCUT2D eigenvalue weighted by atomic mass is 10.1. The molecule has 0 bridgehead atoms. The quantitative estimate of drug-likeness (QED) is 0.877. The lowest BCUT2D eigenvalue weighted by Gasteiger charge is -2.36. The Bertz CT molecular complexity index is 667. The van der Waals surface area contributed by atoms with Gasteiger partial charge in [-0.1, -0.05) is 24.3 Å². The predicted octanol–water partition coefficient (Wildman–Crippen LogP) is 2.87. The lowest BCUT2D eigenvalue weighted by Crippen LogP contribution is -2.49. The molecule has 0 unspecified atom stereocenters. The molecule has 4 heteroatoms. The Morgan fingerprint density at radius 3 is 2.36 bits per heavy atom. The normalized spacial score (nSPS) is 16.7. The molecule has 1 atom stereocenters. The predicted molar refractivity (Wildman–Crippen MR) is 103 cm³/mol. The average Bonchev–Trinajstić information content (AvgIpc) is 2.64. The molecular weight excluding hydrogens is 312 g/mol. The second-order valence-corrected chi connectivity index (χ2v) is 6.83. The molecule has 0 amide bonds. The number of para-hydroxylation sites is 1. The zero-order chi connectivity index (χ0) is 17.6. The minimum Gasteiger partial charge on any atom is -0.491 e. The summed E-state index contributed by atoms with van der Waals surface area (Å²) in [5, 5.41) is 10.3. The number of hydrogen-bond acceptors (Lipinski definition) is 4. The molecule has 2 aromatic rings. The first-order chi connectivity index (χ1) is 12.1. The Labute approximate surface area is 150 Å². The minimum absolute atomic E-state index is 0.335. The maximum atomic E-state index is 10.3. The highest BCUT2D eigenvalue weighted by atomic mass is 16.5. The average molecular weight is 340 g/mol. The van der Waals surface area contributed by atoms with Gasteiger partial charge in [0, 0.05) is 38.4 Å². The van der Waals surface area contributed by atoms with Gasteiger partial charge in [-0.3, -0.25) is 4.90 Å². The van der Waals surface area contributed by atoms with Crippen molar-refractivity contribution in [2.45, 2.75) is 20.0 Å². The van der Waals surface area contributed by atoms with Crippen molar-refractivity contribution in [1.82, 2.24) is 4.90 Å². The summed E-state index contributed by atoms with van der Waals surface area (Å²) in [6, 6.07) is 16.6. The van der Waals surface area contributed by atoms with Gasteiger partial charge in [0.1, 0.15) is 18.5 Å². The number of piperazine rings is 1. The van der Waals surface area contributed by atoms with E-state index in [9.17, 15) is 5.11 Å². The van der Waals surface area contributed by atoms with Gasteiger partial charge in [0.15, 0.2) is 0 Å². The summed E-state index contributed by atoms with van der Waals surface area (Å²) in [4.78, 5) is 4.71. The van der Waals surface area contributed by atoms with Gasteiger partial charge >= 0.3 is 0 Å². The van der Waals surface area contributed by atoms with E-state index < -0.39 is 6.10 Å². The fourth-order valence-corrected chi connectivity index (χ4v) is 3.17. The van der Waals surface area contributed by atoms with Gasteiger partial charge in [0.2, 0.25) is 0 Å². The van der Waals surface area contributed by atoms with Gasteiger partial charge in [0.05, 0.1) is 0 Å². The van der Waals surface area contributed by atoms with Crippen LogP contribution in [0.1, 0.15) is 11.1 Å². The number of aliphatic hydroxyl groups excluding tert-OH is 1. The molecule has 0 aliphatic carbocycles. The summed E-state index contributed by atoms with van der Waals surface area (Å²) in [5.41, 5.74) is 3.74. The van der Waals surface area contributed by atoms with E-state index in [1.54, 1.807) is 0 Å². The van der Waals surface area contributed by atoms with Crippen LogP contribution in [0.15, 0.2) is 48.5 Å². The topological polar surface area (TPSA) is 35.9 Å². The Hall–Kier alpha value is -2.04. The number of aliphatic hydroxyl groups is 1. The second kappa shape index (κ2) is 8.37. The van der Waals surface area contributed by atoms with Crippen LogP contribution in [0, 0.1) is 13.8 Å². The maximum Gasteiger partial charge on any atom is 0.119 e. The van der Waals surface area contributed by atoms with Gasteiger partial charge in [-0.2, -0.15) is 0 Å². The van der Waals surface area contributed by atoms with E-state index in [0.29, 0.717) is 13.2 Å². The summed E-state index contributed by atoms with van der Waals surface area (Å²) < 4.78 is 5.75. The number of anilines is 1. The molecule has 4 nitrogen and oxygen atoms in total. The van der Waals surface area contributed by atoms with Gasteiger partial charge in [-0.25, -0.2) is 0 Å². The maximum absolute atomic E-state index is 10.3. The third-order valence-electron chi connectivity index (χ3n) is 4.88. The van der Waals surface area contributed by atoms with E-state index in [-0.39, 0.29) is 0 Å². The zero-order valence-electron chi connectivity index (χ0n) is 15.2. The van der Waals surface area contributed by atoms with Crippen molar-refractivity contribution in [2.75, 3.05) is 44.2 Å². The smallest absolute Gasteiger partial charge is 0.119 e. The van der Waals surface area contributed by atoms with Gasteiger partial charge in [-0.05, 0) is 49.2 Å². The fourth-order valence-electron chi connectivity index (χ4n) is 3.17. The van der Waals surface area contributed by atoms with Crippen molar-refractivity contribution in [3.8, 4) is 5.75 Å². The summed E-state index contributed by atoms with van der Waals surface area (Å²) in [5.74, 6) is 0.830. The fraction of sp³-hybridized carbons (Fsp3) is 0.429. The first-order valence-electron chi connectivity index (χ1n) is 9.02. The number of β-amino-alcohol motifs (C(OH)–C–C–N with tert-alkyl or cyclic N) is 1. The summed E-state index contributed by atoms with van der Waals surface area (Å²) in [6.45, 7) is 9.08. The Morgan fingerprint density at radius 1 is 0.960 bits per heavy atom. The Kier molecular flexibility index (Phi) is 5.95. The van der Waals surface area contributed by atoms with E-state index in [0.717, 1.165) is 31.9 Å². The van der Waals surface area contributed by atoms with Crippen molar-refractivity contribution in [1.29, 1.82) is 0 Å². The van der Waals surface area contributed by atoms with Crippen LogP contribution in [0.4, 0.5) is 5.69 Å². The molecule has 134 valence electrons. The van der Waals surface area contributed by atoms with Crippen LogP contribution in [-0.4, -0.2) is 55.4 Å². The molecule has 1 heterocycles. The molecule has 1 saturated heterocycles. The molecule has 3 rings (SSSR count). The Morgan fingerprint density at radius 2 is 1.68 bits per heavy atom. The highest BCUT2D eigenvalue weighted by molar-refractivity contribution is 5.46. The highest BCUT2D eigenvalue weighted by Gasteiger charge is 2.19. The van der Waals surface area contributed by atoms with Crippen LogP contribution in [0.25, 0.3) is 0 Å². The van der Waals surface area contributed by atoms with Crippen molar-refractivity contribution in [2.24, 2.45) is 0 Å². The van der Waals surface area contributed by atoms with E-state index >= 15 is 0 Å². The first kappa shape index (κ1) is 17.8. The monoisotopic (exact) mass is 340 g/mol. The third kappa shape index (κ3) is 4.97. The van der Waals surface area contributed by atoms with E-state index in [2.05, 4.69) is 54.0 Å². The van der Waals surface area contributed by atoms with Gasteiger partial charge in [0.25, 0.3) is 0 Å². The number of rotatable bonds is 6. The molecular formula is C21H28N2O2. The van der Waals surface area contributed by atoms with Crippen molar-refractivity contribution < 1.29 is 9.84 Å². The van der Waals surface area contributed by atoms with Crippen LogP contribution in [-0.2, 0) is 0 Å². The molecule has 1 aliphatic heterocycles. The summed E-state index contributed by atoms with van der Waals surface area (Å²) in [7, 11) is 0. The third-order valence-corrected chi connectivity index (χ3v) is 4.88. The highest BCUT2D eigenvalue weighted by Crippen LogP contribution is 2.17. The summed E-state index contributed by atoms with van der Waals surface area (Å²) >= 11 is 0. The first-order valence-corrected chi connectivity index (χ1v) is 9.02. The molecule has 0 saturated carbocycles. The van der Waals surface area contributed by atoms with E-state index in [1.165, 1.54) is 16.8 Å². The second-order valence-electron chi connectivity index (χ2n) is 6.83. The standard InChI is InChI=1S/C21H28N2O2/c1-17-8-9-21(14-18(17)2)25-16-20(24)15-22-10-12-23(13-11-22)19-6-4-3-5-7-19/h3-9,14,20,24H,10-13,15-16H2,1-2H3/t20-/m0/s1. The van der Waals surface area contributed by atoms with Gasteiger partial charge < -0.3 is 14.7 Å². The van der Waals surface area contributed by atoms with Crippen molar-refractivity contribution >= 4 is 5.69 Å². The lowest BCUT2D eigenvalue weighted by molar-refractivity contribution is 0.0663. The van der Waals surface area contributed by atoms with E-state index in [4.69, 9.17) is 4.74 Å². The number of aryl methyl sites for hydroxylation is 2. The molecule has 2 aromatic carbocycles. The molecule has 1 aliphatic rings. The summed E-state index contributed by atoms with van der Waals surface area (Å²) in [6.07, 6.45) is -0.468. The van der Waals surface area contributed by atoms with Gasteiger partial charge in [-0.15, -0.1) is 0 Å². The van der Waals surface area contributed by atoms with Crippen molar-refractivity contribution in [3.05, 3.63) is 59.7 Å². The van der Waals surface area contributed by atoms with Crippen LogP contribution < -0.4 is 9.64 Å². The molecule has 1 N–H and O–H groups in total. The molecule has 25 heavy (non-hydrogen) atoms. The van der Waals surface area contributed by atoms with Crippen LogP contribution in [0.3, 0.4) is 0 Å². The number of hydrogen-bond donors (Lipinski definition) is 1. The van der Waals surface area contributed by atoms with Crippen molar-refractivity contribution in [3.63, 3.8) is 0 Å². The zero-order valence-corrected chi connectivity index (χ0v) is 15.2. The van der Waals surface area contributed by atoms with Crippen LogP contribution >= 0.6 is 0 Å². The SMILES string of the molecule is Cc1ccc(OC[C@@H](O)CN2CCN(c3ccccc3)CC2)cc1C.